The Morgan fingerprint density at radius 3 is 2.48 bits per heavy atom. The molecule has 2 aromatic carbocycles. The third-order valence-electron chi connectivity index (χ3n) is 3.48. The predicted octanol–water partition coefficient (Wildman–Crippen LogP) is 3.88. The van der Waals surface area contributed by atoms with Gasteiger partial charge in [0.25, 0.3) is 0 Å². The van der Waals surface area contributed by atoms with Crippen molar-refractivity contribution in [2.75, 3.05) is 13.7 Å². The van der Waals surface area contributed by atoms with E-state index >= 15 is 0 Å². The summed E-state index contributed by atoms with van der Waals surface area (Å²) in [5.41, 5.74) is 1.62. The first kappa shape index (κ1) is 15.8. The minimum Gasteiger partial charge on any atom is -0.497 e. The third-order valence-corrected chi connectivity index (χ3v) is 3.77. The molecule has 0 aliphatic rings. The Hall–Kier alpha value is -1.58. The summed E-state index contributed by atoms with van der Waals surface area (Å²) in [6, 6.07) is 12.6. The number of benzene rings is 2. The molecule has 2 aromatic rings. The molecule has 1 N–H and O–H groups in total. The van der Waals surface area contributed by atoms with E-state index in [-0.39, 0.29) is 17.5 Å². The Balaban J connectivity index is 2.07. The highest BCUT2D eigenvalue weighted by atomic mass is 35.5. The summed E-state index contributed by atoms with van der Waals surface area (Å²) in [7, 11) is 1.62. The maximum absolute atomic E-state index is 13.9. The van der Waals surface area contributed by atoms with E-state index in [4.69, 9.17) is 16.3 Å². The molecule has 1 atom stereocenters. The average molecular weight is 309 g/mol. The first-order chi connectivity index (χ1) is 10.1. The molecule has 0 radical (unpaired) electrons. The maximum Gasteiger partial charge on any atom is 0.144 e. The number of hydrogen-bond acceptors (Lipinski definition) is 2. The van der Waals surface area contributed by atoms with Crippen LogP contribution >= 0.6 is 11.6 Å². The number of aliphatic hydroxyl groups is 1. The second-order valence-electron chi connectivity index (χ2n) is 5.02. The molecule has 4 heteroatoms. The summed E-state index contributed by atoms with van der Waals surface area (Å²) in [5.74, 6) is 0.346. The molecule has 0 saturated heterocycles. The van der Waals surface area contributed by atoms with Gasteiger partial charge in [0.2, 0.25) is 0 Å². The van der Waals surface area contributed by atoms with Gasteiger partial charge in [-0.05, 0) is 48.1 Å². The molecule has 0 bridgehead atoms. The number of ether oxygens (including phenoxy) is 1. The Morgan fingerprint density at radius 1 is 1.14 bits per heavy atom. The fourth-order valence-corrected chi connectivity index (χ4v) is 2.51. The normalized spacial score (nSPS) is 12.2. The van der Waals surface area contributed by atoms with Crippen molar-refractivity contribution in [3.63, 3.8) is 0 Å². The fourth-order valence-electron chi connectivity index (χ4n) is 2.31. The monoisotopic (exact) mass is 308 g/mol. The molecule has 0 amide bonds. The maximum atomic E-state index is 13.9. The van der Waals surface area contributed by atoms with Crippen molar-refractivity contribution in [1.29, 1.82) is 0 Å². The highest BCUT2D eigenvalue weighted by Gasteiger charge is 2.14. The van der Waals surface area contributed by atoms with E-state index in [0.29, 0.717) is 18.4 Å². The molecule has 2 nitrogen and oxygen atoms in total. The van der Waals surface area contributed by atoms with Gasteiger partial charge in [-0.3, -0.25) is 0 Å². The molecule has 0 aliphatic carbocycles. The van der Waals surface area contributed by atoms with Crippen molar-refractivity contribution in [3.8, 4) is 5.75 Å². The second-order valence-corrected chi connectivity index (χ2v) is 5.43. The minimum atomic E-state index is -0.396. The van der Waals surface area contributed by atoms with E-state index in [1.54, 1.807) is 19.2 Å². The molecule has 0 heterocycles. The van der Waals surface area contributed by atoms with Gasteiger partial charge in [0.15, 0.2) is 0 Å². The number of methoxy groups -OCH3 is 1. The van der Waals surface area contributed by atoms with Crippen LogP contribution in [-0.4, -0.2) is 18.8 Å². The first-order valence-electron chi connectivity index (χ1n) is 6.80. The zero-order valence-electron chi connectivity index (χ0n) is 11.9. The van der Waals surface area contributed by atoms with Crippen molar-refractivity contribution >= 4 is 11.6 Å². The Morgan fingerprint density at radius 2 is 1.86 bits per heavy atom. The van der Waals surface area contributed by atoms with Gasteiger partial charge in [0.1, 0.15) is 11.6 Å². The predicted molar refractivity (Wildman–Crippen MR) is 82.4 cm³/mol. The molecule has 0 aliphatic heterocycles. The summed E-state index contributed by atoms with van der Waals surface area (Å²) < 4.78 is 19.0. The Kier molecular flexibility index (Phi) is 5.59. The zero-order chi connectivity index (χ0) is 15.2. The molecule has 21 heavy (non-hydrogen) atoms. The molecule has 0 saturated carbocycles. The topological polar surface area (TPSA) is 29.5 Å². The number of hydrogen-bond donors (Lipinski definition) is 1. The highest BCUT2D eigenvalue weighted by Crippen LogP contribution is 2.22. The lowest BCUT2D eigenvalue weighted by Gasteiger charge is -2.15. The van der Waals surface area contributed by atoms with Crippen LogP contribution in [0.2, 0.25) is 5.02 Å². The lowest BCUT2D eigenvalue weighted by atomic mass is 9.93. The van der Waals surface area contributed by atoms with E-state index in [1.807, 2.05) is 24.3 Å². The van der Waals surface area contributed by atoms with E-state index < -0.39 is 5.82 Å². The van der Waals surface area contributed by atoms with Crippen molar-refractivity contribution in [1.82, 2.24) is 0 Å². The van der Waals surface area contributed by atoms with Crippen molar-refractivity contribution < 1.29 is 14.2 Å². The summed E-state index contributed by atoms with van der Waals surface area (Å²) in [6.07, 6.45) is 1.13. The van der Waals surface area contributed by atoms with Gasteiger partial charge in [-0.1, -0.05) is 35.9 Å². The summed E-state index contributed by atoms with van der Waals surface area (Å²) in [6.45, 7) is -0.00200. The van der Waals surface area contributed by atoms with Crippen LogP contribution in [0.25, 0.3) is 0 Å². The minimum absolute atomic E-state index is 0.00200. The summed E-state index contributed by atoms with van der Waals surface area (Å²) in [4.78, 5) is 0. The van der Waals surface area contributed by atoms with Crippen LogP contribution < -0.4 is 4.74 Å². The van der Waals surface area contributed by atoms with Gasteiger partial charge in [0.05, 0.1) is 12.1 Å². The van der Waals surface area contributed by atoms with Gasteiger partial charge in [-0.2, -0.15) is 0 Å². The largest absolute Gasteiger partial charge is 0.497 e. The molecular weight excluding hydrogens is 291 g/mol. The Bertz CT molecular complexity index is 584. The third kappa shape index (κ3) is 4.19. The standard InChI is InChI=1S/C17H18ClFO2/c1-21-15-7-5-12(6-8-15)9-13(11-20)10-14-3-2-4-16(18)17(14)19/h2-8,13,20H,9-11H2,1H3. The summed E-state index contributed by atoms with van der Waals surface area (Å²) >= 11 is 5.78. The Labute approximate surface area is 129 Å². The first-order valence-corrected chi connectivity index (χ1v) is 7.18. The highest BCUT2D eigenvalue weighted by molar-refractivity contribution is 6.30. The molecule has 0 fully saturated rings. The van der Waals surface area contributed by atoms with Crippen LogP contribution in [0, 0.1) is 11.7 Å². The molecule has 1 unspecified atom stereocenters. The molecule has 112 valence electrons. The van der Waals surface area contributed by atoms with E-state index in [1.165, 1.54) is 6.07 Å². The van der Waals surface area contributed by atoms with Crippen LogP contribution in [0.5, 0.6) is 5.75 Å². The van der Waals surface area contributed by atoms with Gasteiger partial charge < -0.3 is 9.84 Å². The average Bonchev–Trinajstić information content (AvgIpc) is 2.51. The molecule has 0 spiro atoms. The quantitative estimate of drug-likeness (QED) is 0.877. The number of aliphatic hydroxyl groups excluding tert-OH is 1. The summed E-state index contributed by atoms with van der Waals surface area (Å²) in [5, 5.41) is 9.65. The molecule has 2 rings (SSSR count). The van der Waals surface area contributed by atoms with Gasteiger partial charge in [0, 0.05) is 6.61 Å². The van der Waals surface area contributed by atoms with Crippen LogP contribution in [0.1, 0.15) is 11.1 Å². The molecule has 0 aromatic heterocycles. The van der Waals surface area contributed by atoms with Crippen LogP contribution in [0.15, 0.2) is 42.5 Å². The van der Waals surface area contributed by atoms with Gasteiger partial charge in [-0.25, -0.2) is 4.39 Å². The SMILES string of the molecule is COc1ccc(CC(CO)Cc2cccc(Cl)c2F)cc1. The van der Waals surface area contributed by atoms with Crippen LogP contribution in [-0.2, 0) is 12.8 Å². The molecular formula is C17H18ClFO2. The number of halogens is 2. The van der Waals surface area contributed by atoms with Crippen molar-refractivity contribution in [2.24, 2.45) is 5.92 Å². The lowest BCUT2D eigenvalue weighted by Crippen LogP contribution is -2.14. The van der Waals surface area contributed by atoms with Crippen LogP contribution in [0.4, 0.5) is 4.39 Å². The lowest BCUT2D eigenvalue weighted by molar-refractivity contribution is 0.224. The van der Waals surface area contributed by atoms with E-state index in [0.717, 1.165) is 11.3 Å². The second kappa shape index (κ2) is 7.43. The van der Waals surface area contributed by atoms with E-state index in [9.17, 15) is 9.50 Å². The zero-order valence-corrected chi connectivity index (χ0v) is 12.6. The van der Waals surface area contributed by atoms with Crippen LogP contribution in [0.3, 0.4) is 0 Å². The van der Waals surface area contributed by atoms with E-state index in [2.05, 4.69) is 0 Å². The van der Waals surface area contributed by atoms with Gasteiger partial charge in [-0.15, -0.1) is 0 Å². The van der Waals surface area contributed by atoms with Gasteiger partial charge >= 0.3 is 0 Å². The number of rotatable bonds is 6. The fraction of sp³-hybridized carbons (Fsp3) is 0.294. The van der Waals surface area contributed by atoms with Crippen molar-refractivity contribution in [3.05, 3.63) is 64.4 Å². The smallest absolute Gasteiger partial charge is 0.144 e. The van der Waals surface area contributed by atoms with Crippen molar-refractivity contribution in [2.45, 2.75) is 12.8 Å².